The van der Waals surface area contributed by atoms with Crippen LogP contribution in [0.1, 0.15) is 26.2 Å². The Morgan fingerprint density at radius 3 is 3.24 bits per heavy atom. The Balaban J connectivity index is 2.09. The van der Waals surface area contributed by atoms with Gasteiger partial charge in [0.2, 0.25) is 0 Å². The number of rotatable bonds is 4. The maximum Gasteiger partial charge on any atom is 0.280 e. The molecule has 0 radical (unpaired) electrons. The molecule has 1 aliphatic rings. The van der Waals surface area contributed by atoms with Crippen LogP contribution in [0.15, 0.2) is 15.5 Å². The largest absolute Gasteiger partial charge is 0.379 e. The van der Waals surface area contributed by atoms with Gasteiger partial charge in [-0.1, -0.05) is 13.3 Å². The predicted molar refractivity (Wildman–Crippen MR) is 75.7 cm³/mol. The molecule has 2 rings (SSSR count). The number of nitrogens with one attached hydrogen (secondary N) is 2. The maximum atomic E-state index is 11.4. The van der Waals surface area contributed by atoms with Gasteiger partial charge >= 0.3 is 0 Å². The van der Waals surface area contributed by atoms with Crippen molar-refractivity contribution < 1.29 is 0 Å². The second kappa shape index (κ2) is 5.91. The SMILES string of the molecule is CCSC1CCCC1Nc1cn[nH]c(=O)c1Br. The number of hydrogen-bond donors (Lipinski definition) is 2. The van der Waals surface area contributed by atoms with Crippen molar-refractivity contribution in [1.29, 1.82) is 0 Å². The van der Waals surface area contributed by atoms with E-state index in [-0.39, 0.29) is 5.56 Å². The van der Waals surface area contributed by atoms with E-state index in [1.54, 1.807) is 6.20 Å². The summed E-state index contributed by atoms with van der Waals surface area (Å²) in [5, 5.41) is 10.3. The van der Waals surface area contributed by atoms with Crippen LogP contribution in [-0.2, 0) is 0 Å². The van der Waals surface area contributed by atoms with Gasteiger partial charge in [0.15, 0.2) is 0 Å². The van der Waals surface area contributed by atoms with Gasteiger partial charge in [-0.3, -0.25) is 4.79 Å². The third-order valence-corrected chi connectivity index (χ3v) is 5.08. The molecular weight excluding hydrogens is 302 g/mol. The second-order valence-corrected chi connectivity index (χ2v) is 6.41. The van der Waals surface area contributed by atoms with Gasteiger partial charge in [-0.15, -0.1) is 0 Å². The molecule has 4 nitrogen and oxygen atoms in total. The van der Waals surface area contributed by atoms with E-state index in [2.05, 4.69) is 38.4 Å². The summed E-state index contributed by atoms with van der Waals surface area (Å²) in [7, 11) is 0. The molecule has 1 aromatic rings. The number of H-pyrrole nitrogens is 1. The van der Waals surface area contributed by atoms with E-state index in [9.17, 15) is 4.79 Å². The Morgan fingerprint density at radius 1 is 1.65 bits per heavy atom. The summed E-state index contributed by atoms with van der Waals surface area (Å²) in [6, 6.07) is 0.444. The molecule has 94 valence electrons. The number of halogens is 1. The third-order valence-electron chi connectivity index (χ3n) is 2.97. The first-order valence-corrected chi connectivity index (χ1v) is 7.68. The average molecular weight is 318 g/mol. The van der Waals surface area contributed by atoms with E-state index < -0.39 is 0 Å². The van der Waals surface area contributed by atoms with E-state index in [1.165, 1.54) is 12.8 Å². The Bertz CT molecular complexity index is 437. The van der Waals surface area contributed by atoms with Crippen LogP contribution in [0.5, 0.6) is 0 Å². The Kier molecular flexibility index (Phi) is 4.50. The fourth-order valence-corrected chi connectivity index (χ4v) is 3.69. The van der Waals surface area contributed by atoms with Crippen molar-refractivity contribution in [2.24, 2.45) is 0 Å². The van der Waals surface area contributed by atoms with Gasteiger partial charge in [0, 0.05) is 11.3 Å². The van der Waals surface area contributed by atoms with E-state index >= 15 is 0 Å². The molecule has 0 saturated heterocycles. The summed E-state index contributed by atoms with van der Waals surface area (Å²) in [6.45, 7) is 2.19. The quantitative estimate of drug-likeness (QED) is 0.896. The van der Waals surface area contributed by atoms with Gasteiger partial charge < -0.3 is 5.32 Å². The minimum absolute atomic E-state index is 0.187. The first-order valence-electron chi connectivity index (χ1n) is 5.83. The Morgan fingerprint density at radius 2 is 2.47 bits per heavy atom. The minimum Gasteiger partial charge on any atom is -0.379 e. The van der Waals surface area contributed by atoms with Gasteiger partial charge in [-0.05, 0) is 34.5 Å². The van der Waals surface area contributed by atoms with Gasteiger partial charge in [0.05, 0.1) is 11.9 Å². The van der Waals surface area contributed by atoms with Gasteiger partial charge in [0.1, 0.15) is 4.47 Å². The highest BCUT2D eigenvalue weighted by molar-refractivity contribution is 9.10. The molecular formula is C11H16BrN3OS. The van der Waals surface area contributed by atoms with Crippen molar-refractivity contribution in [2.75, 3.05) is 11.1 Å². The molecule has 0 spiro atoms. The van der Waals surface area contributed by atoms with Crippen molar-refractivity contribution in [1.82, 2.24) is 10.2 Å². The number of thioether (sulfide) groups is 1. The third kappa shape index (κ3) is 3.04. The van der Waals surface area contributed by atoms with Gasteiger partial charge in [0.25, 0.3) is 5.56 Å². The standard InChI is InChI=1S/C11H16BrN3OS/c1-2-17-9-5-3-4-7(9)14-8-6-13-15-11(16)10(8)12/h6-7,9H,2-5H2,1H3,(H2,14,15,16). The molecule has 0 aliphatic heterocycles. The smallest absolute Gasteiger partial charge is 0.280 e. The summed E-state index contributed by atoms with van der Waals surface area (Å²) >= 11 is 5.29. The van der Waals surface area contributed by atoms with Crippen LogP contribution in [0.4, 0.5) is 5.69 Å². The zero-order valence-corrected chi connectivity index (χ0v) is 12.1. The normalized spacial score (nSPS) is 23.9. The molecule has 1 saturated carbocycles. The van der Waals surface area contributed by atoms with Crippen LogP contribution < -0.4 is 10.9 Å². The van der Waals surface area contributed by atoms with E-state index in [4.69, 9.17) is 0 Å². The summed E-state index contributed by atoms with van der Waals surface area (Å²) in [4.78, 5) is 11.4. The number of anilines is 1. The average Bonchev–Trinajstić information content (AvgIpc) is 2.73. The molecule has 1 heterocycles. The summed E-state index contributed by atoms with van der Waals surface area (Å²) in [5.41, 5.74) is 0.607. The minimum atomic E-state index is -0.187. The fourth-order valence-electron chi connectivity index (χ4n) is 2.19. The first-order chi connectivity index (χ1) is 8.22. The molecule has 2 atom stereocenters. The van der Waals surface area contributed by atoms with Crippen LogP contribution >= 0.6 is 27.7 Å². The highest BCUT2D eigenvalue weighted by Crippen LogP contribution is 2.32. The fraction of sp³-hybridized carbons (Fsp3) is 0.636. The molecule has 2 unspecified atom stereocenters. The van der Waals surface area contributed by atoms with Crippen LogP contribution in [0, 0.1) is 0 Å². The highest BCUT2D eigenvalue weighted by Gasteiger charge is 2.27. The first kappa shape index (κ1) is 13.0. The second-order valence-electron chi connectivity index (χ2n) is 4.10. The molecule has 1 fully saturated rings. The lowest BCUT2D eigenvalue weighted by Gasteiger charge is -2.21. The molecule has 0 bridgehead atoms. The van der Waals surface area contributed by atoms with Crippen LogP contribution in [-0.4, -0.2) is 27.2 Å². The number of hydrogen-bond acceptors (Lipinski definition) is 4. The summed E-state index contributed by atoms with van der Waals surface area (Å²) < 4.78 is 0.541. The van der Waals surface area contributed by atoms with Crippen LogP contribution in [0.2, 0.25) is 0 Å². The van der Waals surface area contributed by atoms with Crippen LogP contribution in [0.3, 0.4) is 0 Å². The maximum absolute atomic E-state index is 11.4. The molecule has 0 aromatic carbocycles. The van der Waals surface area contributed by atoms with Crippen molar-refractivity contribution in [2.45, 2.75) is 37.5 Å². The van der Waals surface area contributed by atoms with Crippen LogP contribution in [0.25, 0.3) is 0 Å². The van der Waals surface area contributed by atoms with Gasteiger partial charge in [-0.2, -0.15) is 16.9 Å². The number of aromatic amines is 1. The van der Waals surface area contributed by atoms with Crippen molar-refractivity contribution in [3.63, 3.8) is 0 Å². The van der Waals surface area contributed by atoms with Crippen molar-refractivity contribution in [3.8, 4) is 0 Å². The molecule has 0 amide bonds. The molecule has 1 aliphatic carbocycles. The van der Waals surface area contributed by atoms with E-state index in [0.29, 0.717) is 15.8 Å². The van der Waals surface area contributed by atoms with Crippen molar-refractivity contribution >= 4 is 33.4 Å². The Labute approximate surface area is 113 Å². The lowest BCUT2D eigenvalue weighted by Crippen LogP contribution is -2.27. The summed E-state index contributed by atoms with van der Waals surface area (Å²) in [6.07, 6.45) is 5.34. The molecule has 2 N–H and O–H groups in total. The van der Waals surface area contributed by atoms with Gasteiger partial charge in [-0.25, -0.2) is 5.10 Å². The highest BCUT2D eigenvalue weighted by atomic mass is 79.9. The topological polar surface area (TPSA) is 57.8 Å². The number of aromatic nitrogens is 2. The molecule has 17 heavy (non-hydrogen) atoms. The zero-order valence-electron chi connectivity index (χ0n) is 9.70. The lowest BCUT2D eigenvalue weighted by molar-refractivity contribution is 0.764. The van der Waals surface area contributed by atoms with Crippen molar-refractivity contribution in [3.05, 3.63) is 21.0 Å². The summed E-state index contributed by atoms with van der Waals surface area (Å²) in [5.74, 6) is 1.14. The van der Waals surface area contributed by atoms with E-state index in [0.717, 1.165) is 17.9 Å². The Hall–Kier alpha value is -0.490. The predicted octanol–water partition coefficient (Wildman–Crippen LogP) is 2.62. The number of nitrogens with zero attached hydrogens (tertiary/aromatic N) is 1. The molecule has 1 aromatic heterocycles. The monoisotopic (exact) mass is 317 g/mol. The zero-order chi connectivity index (χ0) is 12.3. The lowest BCUT2D eigenvalue weighted by atomic mass is 10.2. The molecule has 6 heteroatoms. The van der Waals surface area contributed by atoms with E-state index in [1.807, 2.05) is 11.8 Å².